The van der Waals surface area contributed by atoms with E-state index in [1.807, 2.05) is 0 Å². The Morgan fingerprint density at radius 1 is 0.655 bits per heavy atom. The van der Waals surface area contributed by atoms with Crippen LogP contribution in [0.15, 0.2) is 22.3 Å². The molecule has 2 unspecified atom stereocenters. The van der Waals surface area contributed by atoms with Crippen molar-refractivity contribution in [2.75, 3.05) is 13.1 Å². The van der Waals surface area contributed by atoms with Crippen molar-refractivity contribution in [1.82, 2.24) is 10.6 Å². The van der Waals surface area contributed by atoms with Crippen LogP contribution in [0.5, 0.6) is 0 Å². The fourth-order valence-electron chi connectivity index (χ4n) is 4.65. The van der Waals surface area contributed by atoms with Crippen molar-refractivity contribution < 1.29 is 0 Å². The van der Waals surface area contributed by atoms with Gasteiger partial charge in [-0.25, -0.2) is 0 Å². The number of hydrogen-bond acceptors (Lipinski definition) is 2. The lowest BCUT2D eigenvalue weighted by molar-refractivity contribution is 0.551. The van der Waals surface area contributed by atoms with Gasteiger partial charge in [-0.15, -0.1) is 0 Å². The fourth-order valence-corrected chi connectivity index (χ4v) is 4.65. The summed E-state index contributed by atoms with van der Waals surface area (Å²) in [5.74, 6) is 0. The molecule has 0 aromatic rings. The molecule has 170 valence electrons. The zero-order valence-corrected chi connectivity index (χ0v) is 20.8. The summed E-state index contributed by atoms with van der Waals surface area (Å²) < 4.78 is 0. The van der Waals surface area contributed by atoms with Gasteiger partial charge in [0, 0.05) is 12.1 Å². The van der Waals surface area contributed by atoms with E-state index in [1.165, 1.54) is 83.5 Å². The van der Waals surface area contributed by atoms with Crippen LogP contribution in [0.4, 0.5) is 0 Å². The maximum Gasteiger partial charge on any atom is 0.0294 e. The standard InChI is InChI=1S/C27H52N2/c1-7-11-15-17-24-21-26(22(5)28-19-13-9-3)27(23(6)29-20-14-10-4)25(24)18-16-12-8-2/h22-23,28-29H,7-21H2,1-6H3. The molecule has 0 aromatic carbocycles. The predicted molar refractivity (Wildman–Crippen MR) is 132 cm³/mol. The molecule has 29 heavy (non-hydrogen) atoms. The van der Waals surface area contributed by atoms with Gasteiger partial charge in [0.15, 0.2) is 0 Å². The third-order valence-corrected chi connectivity index (χ3v) is 6.53. The minimum atomic E-state index is 0.479. The van der Waals surface area contributed by atoms with Gasteiger partial charge in [0.1, 0.15) is 0 Å². The smallest absolute Gasteiger partial charge is 0.0294 e. The Bertz CT molecular complexity index is 489. The summed E-state index contributed by atoms with van der Waals surface area (Å²) in [7, 11) is 0. The molecular formula is C27H52N2. The molecule has 0 bridgehead atoms. The van der Waals surface area contributed by atoms with Gasteiger partial charge in [0.2, 0.25) is 0 Å². The van der Waals surface area contributed by atoms with Gasteiger partial charge in [-0.3, -0.25) is 0 Å². The first-order chi connectivity index (χ1) is 14.1. The first-order valence-electron chi connectivity index (χ1n) is 13.0. The van der Waals surface area contributed by atoms with Crippen molar-refractivity contribution in [2.45, 2.75) is 137 Å². The van der Waals surface area contributed by atoms with Gasteiger partial charge in [-0.1, -0.05) is 71.8 Å². The zero-order chi connectivity index (χ0) is 21.5. The number of allylic oxidation sites excluding steroid dienone is 1. The Morgan fingerprint density at radius 2 is 1.17 bits per heavy atom. The maximum absolute atomic E-state index is 3.87. The van der Waals surface area contributed by atoms with Gasteiger partial charge in [-0.2, -0.15) is 0 Å². The Balaban J connectivity index is 3.07. The molecule has 1 rings (SSSR count). The van der Waals surface area contributed by atoms with E-state index >= 15 is 0 Å². The van der Waals surface area contributed by atoms with Crippen LogP contribution in [0.3, 0.4) is 0 Å². The Morgan fingerprint density at radius 3 is 1.72 bits per heavy atom. The van der Waals surface area contributed by atoms with E-state index in [0.29, 0.717) is 12.1 Å². The first-order valence-corrected chi connectivity index (χ1v) is 13.0. The van der Waals surface area contributed by atoms with Crippen molar-refractivity contribution in [3.05, 3.63) is 22.3 Å². The van der Waals surface area contributed by atoms with Crippen LogP contribution in [-0.4, -0.2) is 25.2 Å². The molecule has 0 aromatic heterocycles. The molecule has 0 spiro atoms. The van der Waals surface area contributed by atoms with Crippen LogP contribution in [0.2, 0.25) is 0 Å². The van der Waals surface area contributed by atoms with E-state index in [9.17, 15) is 0 Å². The number of unbranched alkanes of at least 4 members (excludes halogenated alkanes) is 6. The third kappa shape index (κ3) is 9.39. The van der Waals surface area contributed by atoms with Crippen molar-refractivity contribution in [3.8, 4) is 0 Å². The summed E-state index contributed by atoms with van der Waals surface area (Å²) in [6.07, 6.45) is 17.0. The summed E-state index contributed by atoms with van der Waals surface area (Å²) >= 11 is 0. The molecule has 0 aliphatic heterocycles. The molecule has 2 N–H and O–H groups in total. The van der Waals surface area contributed by atoms with Crippen molar-refractivity contribution in [2.24, 2.45) is 0 Å². The quantitative estimate of drug-likeness (QED) is 0.229. The predicted octanol–water partition coefficient (Wildman–Crippen LogP) is 7.70. The second-order valence-electron chi connectivity index (χ2n) is 9.17. The summed E-state index contributed by atoms with van der Waals surface area (Å²) in [6.45, 7) is 16.3. The van der Waals surface area contributed by atoms with Crippen LogP contribution >= 0.6 is 0 Å². The Hall–Kier alpha value is -0.600. The molecule has 0 radical (unpaired) electrons. The molecule has 2 heteroatoms. The first kappa shape index (κ1) is 26.4. The summed E-state index contributed by atoms with van der Waals surface area (Å²) in [5.41, 5.74) is 6.88. The highest BCUT2D eigenvalue weighted by Crippen LogP contribution is 2.41. The molecule has 0 saturated carbocycles. The van der Waals surface area contributed by atoms with Gasteiger partial charge in [-0.05, 0) is 88.6 Å². The van der Waals surface area contributed by atoms with Crippen molar-refractivity contribution in [3.63, 3.8) is 0 Å². The van der Waals surface area contributed by atoms with Crippen molar-refractivity contribution >= 4 is 0 Å². The molecule has 0 amide bonds. The maximum atomic E-state index is 3.87. The van der Waals surface area contributed by atoms with Gasteiger partial charge in [0.05, 0.1) is 0 Å². The van der Waals surface area contributed by atoms with E-state index in [1.54, 1.807) is 22.3 Å². The minimum absolute atomic E-state index is 0.479. The second kappa shape index (κ2) is 16.1. The topological polar surface area (TPSA) is 24.1 Å². The molecule has 0 heterocycles. The van der Waals surface area contributed by atoms with E-state index in [4.69, 9.17) is 0 Å². The monoisotopic (exact) mass is 404 g/mol. The average molecular weight is 405 g/mol. The number of nitrogens with one attached hydrogen (secondary N) is 2. The van der Waals surface area contributed by atoms with E-state index in [0.717, 1.165) is 13.1 Å². The lowest BCUT2D eigenvalue weighted by Crippen LogP contribution is -2.34. The van der Waals surface area contributed by atoms with Gasteiger partial charge in [0.25, 0.3) is 0 Å². The highest BCUT2D eigenvalue weighted by atomic mass is 14.9. The van der Waals surface area contributed by atoms with E-state index < -0.39 is 0 Å². The van der Waals surface area contributed by atoms with Gasteiger partial charge >= 0.3 is 0 Å². The van der Waals surface area contributed by atoms with E-state index in [-0.39, 0.29) is 0 Å². The molecule has 1 aliphatic rings. The molecule has 2 atom stereocenters. The average Bonchev–Trinajstić information content (AvgIpc) is 3.07. The molecule has 2 nitrogen and oxygen atoms in total. The fraction of sp³-hybridized carbons (Fsp3) is 0.852. The minimum Gasteiger partial charge on any atom is -0.310 e. The highest BCUT2D eigenvalue weighted by Gasteiger charge is 2.29. The van der Waals surface area contributed by atoms with Crippen LogP contribution in [0, 0.1) is 0 Å². The summed E-state index contributed by atoms with van der Waals surface area (Å²) in [4.78, 5) is 0. The zero-order valence-electron chi connectivity index (χ0n) is 20.8. The Labute approximate surface area is 183 Å². The molecule has 0 fully saturated rings. The van der Waals surface area contributed by atoms with E-state index in [2.05, 4.69) is 52.2 Å². The molecule has 1 aliphatic carbocycles. The van der Waals surface area contributed by atoms with Gasteiger partial charge < -0.3 is 10.6 Å². The summed E-state index contributed by atoms with van der Waals surface area (Å²) in [5, 5.41) is 7.71. The highest BCUT2D eigenvalue weighted by molar-refractivity contribution is 5.51. The summed E-state index contributed by atoms with van der Waals surface area (Å²) in [6, 6.07) is 0.976. The van der Waals surface area contributed by atoms with Crippen LogP contribution < -0.4 is 10.6 Å². The number of hydrogen-bond donors (Lipinski definition) is 2. The molecule has 0 saturated heterocycles. The SMILES string of the molecule is CCCCCC1=C(CCCCC)C(C(C)NCCCC)=C(C(C)NCCCC)C1. The van der Waals surface area contributed by atoms with Crippen LogP contribution in [-0.2, 0) is 0 Å². The second-order valence-corrected chi connectivity index (χ2v) is 9.17. The lowest BCUT2D eigenvalue weighted by atomic mass is 9.91. The molecular weight excluding hydrogens is 352 g/mol. The Kier molecular flexibility index (Phi) is 14.7. The van der Waals surface area contributed by atoms with Crippen LogP contribution in [0.25, 0.3) is 0 Å². The number of rotatable bonds is 18. The van der Waals surface area contributed by atoms with Crippen molar-refractivity contribution in [1.29, 1.82) is 0 Å². The third-order valence-electron chi connectivity index (χ3n) is 6.53. The normalized spacial score (nSPS) is 16.8. The van der Waals surface area contributed by atoms with Crippen LogP contribution in [0.1, 0.15) is 125 Å². The largest absolute Gasteiger partial charge is 0.310 e. The lowest BCUT2D eigenvalue weighted by Gasteiger charge is -2.24.